The predicted octanol–water partition coefficient (Wildman–Crippen LogP) is 3.94. The van der Waals surface area contributed by atoms with E-state index in [2.05, 4.69) is 0 Å². The zero-order valence-corrected chi connectivity index (χ0v) is 19.5. The van der Waals surface area contributed by atoms with Gasteiger partial charge in [-0.3, -0.25) is 9.59 Å². The molecule has 0 amide bonds. The summed E-state index contributed by atoms with van der Waals surface area (Å²) in [7, 11) is 2.83. The van der Waals surface area contributed by atoms with E-state index in [1.165, 1.54) is 7.11 Å². The molecule has 4 atom stereocenters. The number of benzene rings is 3. The first-order valence-corrected chi connectivity index (χ1v) is 11.1. The third kappa shape index (κ3) is 2.78. The lowest BCUT2D eigenvalue weighted by Crippen LogP contribution is -2.51. The number of hydrogen-bond donors (Lipinski definition) is 1. The maximum absolute atomic E-state index is 14.4. The maximum Gasteiger partial charge on any atom is 0.313 e. The molecule has 1 saturated carbocycles. The summed E-state index contributed by atoms with van der Waals surface area (Å²) in [5.74, 6) is -2.28. The van der Waals surface area contributed by atoms with Crippen LogP contribution in [0, 0.1) is 19.8 Å². The number of aryl methyl sites for hydroxylation is 2. The van der Waals surface area contributed by atoms with Gasteiger partial charge < -0.3 is 19.3 Å². The molecule has 0 spiro atoms. The van der Waals surface area contributed by atoms with Gasteiger partial charge in [0, 0.05) is 11.1 Å². The topological polar surface area (TPSA) is 82.1 Å². The van der Waals surface area contributed by atoms with Crippen molar-refractivity contribution in [2.45, 2.75) is 31.0 Å². The van der Waals surface area contributed by atoms with Crippen molar-refractivity contribution in [3.05, 3.63) is 94.5 Å². The first-order valence-electron chi connectivity index (χ1n) is 11.1. The molecule has 1 aliphatic carbocycles. The summed E-state index contributed by atoms with van der Waals surface area (Å²) in [4.78, 5) is 27.7. The Morgan fingerprint density at radius 3 is 2.29 bits per heavy atom. The van der Waals surface area contributed by atoms with Crippen LogP contribution in [0.1, 0.15) is 33.7 Å². The number of aliphatic hydroxyl groups is 1. The molecule has 1 N–H and O–H groups in total. The molecule has 6 nitrogen and oxygen atoms in total. The summed E-state index contributed by atoms with van der Waals surface area (Å²) >= 11 is 0. The van der Waals surface area contributed by atoms with Gasteiger partial charge in [0.25, 0.3) is 0 Å². The number of ether oxygens (including phenoxy) is 3. The third-order valence-electron chi connectivity index (χ3n) is 7.13. The molecule has 3 aromatic carbocycles. The minimum absolute atomic E-state index is 0.320. The molecule has 6 heteroatoms. The fraction of sp³-hybridized carbons (Fsp3) is 0.286. The Kier molecular flexibility index (Phi) is 5.02. The molecular formula is C28H26O6. The number of fused-ring (bicyclic) bond motifs is 4. The van der Waals surface area contributed by atoms with Crippen molar-refractivity contribution in [1.82, 2.24) is 0 Å². The number of carbonyl (C=O) groups is 2. The van der Waals surface area contributed by atoms with Crippen molar-refractivity contribution in [2.24, 2.45) is 5.92 Å². The standard InChI is InChI=1S/C28H26O6/c1-16-14-17(2)22-21(15-16)34-28(19-10-12-20(32-3)13-11-19)23(18-8-6-5-7-9-18)24(25(29)33-4)27(22,31)26(28)30/h5-15,23-24,31H,1-4H3/t23-,24+,27+,28+/m1/s1. The van der Waals surface area contributed by atoms with Crippen LogP contribution in [0.2, 0.25) is 0 Å². The van der Waals surface area contributed by atoms with Crippen molar-refractivity contribution >= 4 is 11.8 Å². The molecule has 0 saturated heterocycles. The van der Waals surface area contributed by atoms with Gasteiger partial charge in [-0.1, -0.05) is 48.5 Å². The predicted molar refractivity (Wildman–Crippen MR) is 125 cm³/mol. The molecular weight excluding hydrogens is 432 g/mol. The van der Waals surface area contributed by atoms with E-state index in [1.54, 1.807) is 37.4 Å². The molecule has 3 aromatic rings. The van der Waals surface area contributed by atoms with E-state index in [9.17, 15) is 14.7 Å². The van der Waals surface area contributed by atoms with E-state index in [0.717, 1.165) is 5.56 Å². The summed E-state index contributed by atoms with van der Waals surface area (Å²) in [5, 5.41) is 12.3. The second kappa shape index (κ2) is 7.71. The van der Waals surface area contributed by atoms with Gasteiger partial charge in [-0.15, -0.1) is 0 Å². The van der Waals surface area contributed by atoms with E-state index >= 15 is 0 Å². The van der Waals surface area contributed by atoms with E-state index in [1.807, 2.05) is 50.2 Å². The number of carbonyl (C=O) groups excluding carboxylic acids is 2. The van der Waals surface area contributed by atoms with Crippen molar-refractivity contribution in [3.8, 4) is 11.5 Å². The van der Waals surface area contributed by atoms with Crippen LogP contribution in [-0.4, -0.2) is 31.1 Å². The Morgan fingerprint density at radius 2 is 1.68 bits per heavy atom. The Morgan fingerprint density at radius 1 is 1.00 bits per heavy atom. The van der Waals surface area contributed by atoms with Gasteiger partial charge in [-0.25, -0.2) is 0 Å². The molecule has 5 rings (SSSR count). The summed E-state index contributed by atoms with van der Waals surface area (Å²) < 4.78 is 17.1. The highest BCUT2D eigenvalue weighted by Crippen LogP contribution is 2.65. The van der Waals surface area contributed by atoms with Crippen LogP contribution in [0.4, 0.5) is 0 Å². The van der Waals surface area contributed by atoms with Crippen LogP contribution < -0.4 is 9.47 Å². The van der Waals surface area contributed by atoms with Gasteiger partial charge in [0.2, 0.25) is 11.4 Å². The molecule has 0 radical (unpaired) electrons. The minimum Gasteiger partial charge on any atom is -0.497 e. The van der Waals surface area contributed by atoms with Crippen molar-refractivity contribution in [2.75, 3.05) is 14.2 Å². The number of Topliss-reactive ketones (excluding diaryl/α,β-unsaturated/α-hetero) is 1. The van der Waals surface area contributed by atoms with Crippen LogP contribution in [0.25, 0.3) is 0 Å². The highest BCUT2D eigenvalue weighted by atomic mass is 16.5. The lowest BCUT2D eigenvalue weighted by atomic mass is 9.75. The van der Waals surface area contributed by atoms with Gasteiger partial charge >= 0.3 is 5.97 Å². The number of esters is 1. The number of rotatable bonds is 4. The molecule has 34 heavy (non-hydrogen) atoms. The monoisotopic (exact) mass is 458 g/mol. The second-order valence-electron chi connectivity index (χ2n) is 9.01. The van der Waals surface area contributed by atoms with Crippen LogP contribution >= 0.6 is 0 Å². The average Bonchev–Trinajstić information content (AvgIpc) is 2.96. The van der Waals surface area contributed by atoms with Gasteiger partial charge in [-0.2, -0.15) is 0 Å². The normalized spacial score (nSPS) is 27.0. The lowest BCUT2D eigenvalue weighted by Gasteiger charge is -2.40. The second-order valence-corrected chi connectivity index (χ2v) is 9.01. The van der Waals surface area contributed by atoms with E-state index < -0.39 is 34.8 Å². The van der Waals surface area contributed by atoms with Crippen molar-refractivity contribution in [1.29, 1.82) is 0 Å². The quantitative estimate of drug-likeness (QED) is 0.597. The third-order valence-corrected chi connectivity index (χ3v) is 7.13. The summed E-state index contributed by atoms with van der Waals surface area (Å²) in [6, 6.07) is 19.9. The molecule has 1 fully saturated rings. The Bertz CT molecular complexity index is 1280. The number of hydrogen-bond acceptors (Lipinski definition) is 6. The van der Waals surface area contributed by atoms with Gasteiger partial charge in [0.1, 0.15) is 17.4 Å². The Balaban J connectivity index is 1.89. The van der Waals surface area contributed by atoms with Gasteiger partial charge in [-0.05, 0) is 48.7 Å². The highest BCUT2D eigenvalue weighted by molar-refractivity contribution is 6.07. The fourth-order valence-corrected chi connectivity index (χ4v) is 5.82. The Labute approximate surface area is 198 Å². The van der Waals surface area contributed by atoms with Crippen molar-refractivity contribution in [3.63, 3.8) is 0 Å². The molecule has 2 bridgehead atoms. The average molecular weight is 459 g/mol. The highest BCUT2D eigenvalue weighted by Gasteiger charge is 2.76. The smallest absolute Gasteiger partial charge is 0.313 e. The van der Waals surface area contributed by atoms with E-state index in [-0.39, 0.29) is 0 Å². The number of ketones is 1. The van der Waals surface area contributed by atoms with Crippen LogP contribution in [-0.2, 0) is 25.5 Å². The van der Waals surface area contributed by atoms with Crippen LogP contribution in [0.3, 0.4) is 0 Å². The zero-order valence-electron chi connectivity index (χ0n) is 19.5. The van der Waals surface area contributed by atoms with E-state index in [0.29, 0.717) is 33.8 Å². The minimum atomic E-state index is -2.13. The number of methoxy groups -OCH3 is 2. The van der Waals surface area contributed by atoms with Gasteiger partial charge in [0.15, 0.2) is 5.60 Å². The van der Waals surface area contributed by atoms with Crippen molar-refractivity contribution < 1.29 is 28.9 Å². The first kappa shape index (κ1) is 22.2. The summed E-state index contributed by atoms with van der Waals surface area (Å²) in [5.41, 5.74) is -0.628. The molecule has 174 valence electrons. The largest absolute Gasteiger partial charge is 0.497 e. The zero-order chi connectivity index (χ0) is 24.3. The maximum atomic E-state index is 14.4. The SMILES string of the molecule is COC(=O)[C@@H]1[C@@H](c2ccccc2)[C@]2(c3ccc(OC)cc3)Oc3cc(C)cc(C)c3[C@@]1(O)C2=O. The van der Waals surface area contributed by atoms with Gasteiger partial charge in [0.05, 0.1) is 20.1 Å². The lowest BCUT2D eigenvalue weighted by molar-refractivity contribution is -0.162. The molecule has 0 aromatic heterocycles. The fourth-order valence-electron chi connectivity index (χ4n) is 5.82. The first-order chi connectivity index (χ1) is 16.3. The van der Waals surface area contributed by atoms with E-state index in [4.69, 9.17) is 14.2 Å². The Hall–Kier alpha value is -3.64. The molecule has 1 heterocycles. The van der Waals surface area contributed by atoms with Crippen LogP contribution in [0.5, 0.6) is 11.5 Å². The molecule has 2 aliphatic rings. The summed E-state index contributed by atoms with van der Waals surface area (Å²) in [6.07, 6.45) is 0. The molecule has 1 aliphatic heterocycles. The molecule has 0 unspecified atom stereocenters. The van der Waals surface area contributed by atoms with Crippen LogP contribution in [0.15, 0.2) is 66.7 Å². The summed E-state index contributed by atoms with van der Waals surface area (Å²) in [6.45, 7) is 3.73.